The van der Waals surface area contributed by atoms with Crippen LogP contribution in [-0.2, 0) is 14.3 Å². The first-order valence-electron chi connectivity index (χ1n) is 5.62. The average Bonchev–Trinajstić information content (AvgIpc) is 2.30. The maximum Gasteiger partial charge on any atom is 0.404 e. The van der Waals surface area contributed by atoms with Crippen LogP contribution in [0.15, 0.2) is 24.3 Å². The summed E-state index contributed by atoms with van der Waals surface area (Å²) in [5, 5.41) is 0. The van der Waals surface area contributed by atoms with E-state index in [1.165, 1.54) is 6.92 Å². The van der Waals surface area contributed by atoms with Gasteiger partial charge in [0.2, 0.25) is 0 Å². The van der Waals surface area contributed by atoms with Gasteiger partial charge >= 0.3 is 12.1 Å². The molecule has 1 rings (SSSR count). The van der Waals surface area contributed by atoms with E-state index in [9.17, 15) is 9.59 Å². The van der Waals surface area contributed by atoms with E-state index in [1.807, 2.05) is 31.2 Å². The zero-order chi connectivity index (χ0) is 13.5. The second kappa shape index (κ2) is 6.64. The minimum atomic E-state index is -0.837. The molecule has 18 heavy (non-hydrogen) atoms. The Kier molecular flexibility index (Phi) is 5.17. The zero-order valence-corrected chi connectivity index (χ0v) is 10.5. The Morgan fingerprint density at radius 3 is 2.39 bits per heavy atom. The van der Waals surface area contributed by atoms with Crippen molar-refractivity contribution in [1.29, 1.82) is 0 Å². The Morgan fingerprint density at radius 1 is 1.22 bits per heavy atom. The number of carbonyl (C=O) groups is 2. The molecule has 0 radical (unpaired) electrons. The number of carbonyl (C=O) groups excluding carboxylic acids is 2. The van der Waals surface area contributed by atoms with Crippen LogP contribution in [0.2, 0.25) is 0 Å². The standard InChI is InChI=1S/C13H17NO4/c1-9-5-3-4-6-12(9)11(7-17-10(2)15)8-18-13(14)16/h3-6,11H,7-8H2,1-2H3,(H2,14,16)/t11-/m0/s1. The first-order chi connectivity index (χ1) is 8.50. The molecule has 0 aliphatic rings. The topological polar surface area (TPSA) is 78.6 Å². The number of primary amides is 1. The summed E-state index contributed by atoms with van der Waals surface area (Å²) in [5.41, 5.74) is 6.96. The van der Waals surface area contributed by atoms with Crippen molar-refractivity contribution in [1.82, 2.24) is 0 Å². The van der Waals surface area contributed by atoms with Crippen LogP contribution in [0.3, 0.4) is 0 Å². The summed E-state index contributed by atoms with van der Waals surface area (Å²) in [4.78, 5) is 21.5. The Bertz CT molecular complexity index is 413. The van der Waals surface area contributed by atoms with Crippen LogP contribution in [0.25, 0.3) is 0 Å². The highest BCUT2D eigenvalue weighted by Crippen LogP contribution is 2.20. The molecule has 1 aromatic carbocycles. The quantitative estimate of drug-likeness (QED) is 0.808. The predicted molar refractivity (Wildman–Crippen MR) is 66.1 cm³/mol. The van der Waals surface area contributed by atoms with Crippen molar-refractivity contribution in [2.75, 3.05) is 13.2 Å². The lowest BCUT2D eigenvalue weighted by atomic mass is 9.96. The number of aryl methyl sites for hydroxylation is 1. The number of hydrogen-bond acceptors (Lipinski definition) is 4. The average molecular weight is 251 g/mol. The third-order valence-electron chi connectivity index (χ3n) is 2.54. The van der Waals surface area contributed by atoms with E-state index in [0.29, 0.717) is 0 Å². The van der Waals surface area contributed by atoms with E-state index in [0.717, 1.165) is 11.1 Å². The number of esters is 1. The Labute approximate surface area is 106 Å². The van der Waals surface area contributed by atoms with E-state index >= 15 is 0 Å². The predicted octanol–water partition coefficient (Wildman–Crippen LogP) is 1.74. The van der Waals surface area contributed by atoms with Crippen molar-refractivity contribution in [3.63, 3.8) is 0 Å². The van der Waals surface area contributed by atoms with E-state index in [4.69, 9.17) is 15.2 Å². The Hall–Kier alpha value is -2.04. The smallest absolute Gasteiger partial charge is 0.404 e. The fourth-order valence-corrected chi connectivity index (χ4v) is 1.67. The van der Waals surface area contributed by atoms with Crippen molar-refractivity contribution in [3.8, 4) is 0 Å². The molecule has 0 fully saturated rings. The number of nitrogens with two attached hydrogens (primary N) is 1. The Morgan fingerprint density at radius 2 is 1.83 bits per heavy atom. The zero-order valence-electron chi connectivity index (χ0n) is 10.5. The summed E-state index contributed by atoms with van der Waals surface area (Å²) < 4.78 is 9.77. The van der Waals surface area contributed by atoms with Crippen LogP contribution in [0.1, 0.15) is 24.0 Å². The number of rotatable bonds is 5. The number of benzene rings is 1. The molecule has 0 spiro atoms. The molecule has 98 valence electrons. The van der Waals surface area contributed by atoms with Crippen LogP contribution < -0.4 is 5.73 Å². The highest BCUT2D eigenvalue weighted by molar-refractivity contribution is 5.66. The molecule has 5 nitrogen and oxygen atoms in total. The molecule has 1 aromatic rings. The van der Waals surface area contributed by atoms with Gasteiger partial charge in [-0.2, -0.15) is 0 Å². The maximum absolute atomic E-state index is 10.8. The van der Waals surface area contributed by atoms with Gasteiger partial charge in [-0.25, -0.2) is 4.79 Å². The highest BCUT2D eigenvalue weighted by Gasteiger charge is 2.17. The van der Waals surface area contributed by atoms with Crippen molar-refractivity contribution in [2.24, 2.45) is 5.73 Å². The molecule has 1 amide bonds. The normalized spacial score (nSPS) is 11.7. The molecule has 0 saturated heterocycles. The van der Waals surface area contributed by atoms with Gasteiger partial charge < -0.3 is 15.2 Å². The van der Waals surface area contributed by atoms with Crippen molar-refractivity contribution in [2.45, 2.75) is 19.8 Å². The van der Waals surface area contributed by atoms with Gasteiger partial charge in [-0.3, -0.25) is 4.79 Å². The third-order valence-corrected chi connectivity index (χ3v) is 2.54. The molecule has 0 heterocycles. The van der Waals surface area contributed by atoms with Gasteiger partial charge in [0, 0.05) is 6.92 Å². The van der Waals surface area contributed by atoms with Crippen LogP contribution in [0.5, 0.6) is 0 Å². The van der Waals surface area contributed by atoms with Gasteiger partial charge in [0.15, 0.2) is 0 Å². The molecule has 1 atom stereocenters. The summed E-state index contributed by atoms with van der Waals surface area (Å²) >= 11 is 0. The lowest BCUT2D eigenvalue weighted by Crippen LogP contribution is -2.22. The summed E-state index contributed by atoms with van der Waals surface area (Å²) in [5.74, 6) is -0.574. The molecule has 0 aromatic heterocycles. The minimum Gasteiger partial charge on any atom is -0.465 e. The highest BCUT2D eigenvalue weighted by atomic mass is 16.6. The van der Waals surface area contributed by atoms with Gasteiger partial charge in [-0.15, -0.1) is 0 Å². The number of amides is 1. The van der Waals surface area contributed by atoms with E-state index in [2.05, 4.69) is 0 Å². The fourth-order valence-electron chi connectivity index (χ4n) is 1.67. The van der Waals surface area contributed by atoms with E-state index in [-0.39, 0.29) is 25.1 Å². The van der Waals surface area contributed by atoms with Crippen molar-refractivity contribution in [3.05, 3.63) is 35.4 Å². The number of hydrogen-bond donors (Lipinski definition) is 1. The minimum absolute atomic E-state index is 0.0907. The Balaban J connectivity index is 2.79. The maximum atomic E-state index is 10.8. The molecule has 0 unspecified atom stereocenters. The summed E-state index contributed by atoms with van der Waals surface area (Å²) in [6.07, 6.45) is -0.837. The second-order valence-corrected chi connectivity index (χ2v) is 3.99. The lowest BCUT2D eigenvalue weighted by molar-refractivity contribution is -0.141. The van der Waals surface area contributed by atoms with Crippen LogP contribution in [-0.4, -0.2) is 25.3 Å². The first-order valence-corrected chi connectivity index (χ1v) is 5.62. The van der Waals surface area contributed by atoms with Crippen molar-refractivity contribution >= 4 is 12.1 Å². The SMILES string of the molecule is CC(=O)OC[C@@H](COC(N)=O)c1ccccc1C. The van der Waals surface area contributed by atoms with Crippen LogP contribution in [0.4, 0.5) is 4.79 Å². The number of ether oxygens (including phenoxy) is 2. The summed E-state index contributed by atoms with van der Waals surface area (Å²) in [6.45, 7) is 3.53. The third kappa shape index (κ3) is 4.45. The van der Waals surface area contributed by atoms with Crippen LogP contribution >= 0.6 is 0 Å². The molecular weight excluding hydrogens is 234 g/mol. The van der Waals surface area contributed by atoms with E-state index in [1.54, 1.807) is 0 Å². The van der Waals surface area contributed by atoms with Gasteiger partial charge in [-0.1, -0.05) is 24.3 Å². The van der Waals surface area contributed by atoms with Crippen LogP contribution in [0, 0.1) is 6.92 Å². The summed E-state index contributed by atoms with van der Waals surface area (Å²) in [6, 6.07) is 7.65. The lowest BCUT2D eigenvalue weighted by Gasteiger charge is -2.18. The van der Waals surface area contributed by atoms with E-state index < -0.39 is 6.09 Å². The molecule has 2 N–H and O–H groups in total. The fraction of sp³-hybridized carbons (Fsp3) is 0.385. The second-order valence-electron chi connectivity index (χ2n) is 3.99. The van der Waals surface area contributed by atoms with Gasteiger partial charge in [-0.05, 0) is 18.1 Å². The summed E-state index contributed by atoms with van der Waals surface area (Å²) in [7, 11) is 0. The van der Waals surface area contributed by atoms with Gasteiger partial charge in [0.05, 0.1) is 5.92 Å². The molecular formula is C13H17NO4. The van der Waals surface area contributed by atoms with Gasteiger partial charge in [0.1, 0.15) is 13.2 Å². The monoisotopic (exact) mass is 251 g/mol. The molecule has 0 aliphatic carbocycles. The van der Waals surface area contributed by atoms with Gasteiger partial charge in [0.25, 0.3) is 0 Å². The molecule has 0 aliphatic heterocycles. The molecule has 0 bridgehead atoms. The molecule has 0 saturated carbocycles. The largest absolute Gasteiger partial charge is 0.465 e. The molecule has 5 heteroatoms. The first kappa shape index (κ1) is 14.0. The van der Waals surface area contributed by atoms with Crippen molar-refractivity contribution < 1.29 is 19.1 Å².